The number of carbonyl (C=O) groups is 2. The molecule has 0 saturated carbocycles. The van der Waals surface area contributed by atoms with Gasteiger partial charge in [0.05, 0.1) is 27.0 Å². The third kappa shape index (κ3) is 4.77. The number of ether oxygens (including phenoxy) is 3. The summed E-state index contributed by atoms with van der Waals surface area (Å²) in [6, 6.07) is 10.8. The van der Waals surface area contributed by atoms with Crippen LogP contribution in [0.1, 0.15) is 10.4 Å². The van der Waals surface area contributed by atoms with Gasteiger partial charge in [0, 0.05) is 11.6 Å². The van der Waals surface area contributed by atoms with Gasteiger partial charge in [-0.1, -0.05) is 0 Å². The van der Waals surface area contributed by atoms with E-state index < -0.39 is 11.9 Å². The SMILES string of the molecule is COc1ccc(C(=O)NNC(=O)Nc2cc(OC)ccc2OC)cc1. The molecule has 3 N–H and O–H groups in total. The van der Waals surface area contributed by atoms with E-state index in [-0.39, 0.29) is 0 Å². The minimum absolute atomic E-state index is 0.375. The average molecular weight is 345 g/mol. The molecular formula is C17H19N3O5. The third-order valence-corrected chi connectivity index (χ3v) is 3.30. The Balaban J connectivity index is 1.95. The molecule has 0 atom stereocenters. The molecule has 0 aromatic heterocycles. The Morgan fingerprint density at radius 3 is 2.04 bits per heavy atom. The highest BCUT2D eigenvalue weighted by molar-refractivity contribution is 5.97. The molecule has 2 aromatic rings. The fraction of sp³-hybridized carbons (Fsp3) is 0.176. The summed E-state index contributed by atoms with van der Waals surface area (Å²) < 4.78 is 15.3. The van der Waals surface area contributed by atoms with Crippen LogP contribution in [0.4, 0.5) is 10.5 Å². The predicted octanol–water partition coefficient (Wildman–Crippen LogP) is 2.18. The highest BCUT2D eigenvalue weighted by Crippen LogP contribution is 2.28. The van der Waals surface area contributed by atoms with Crippen LogP contribution >= 0.6 is 0 Å². The number of urea groups is 1. The van der Waals surface area contributed by atoms with E-state index in [9.17, 15) is 9.59 Å². The van der Waals surface area contributed by atoms with Crippen molar-refractivity contribution in [3.8, 4) is 17.2 Å². The van der Waals surface area contributed by atoms with Crippen molar-refractivity contribution < 1.29 is 23.8 Å². The quantitative estimate of drug-likeness (QED) is 0.722. The van der Waals surface area contributed by atoms with Crippen LogP contribution in [0.3, 0.4) is 0 Å². The topological polar surface area (TPSA) is 97.9 Å². The molecule has 3 amide bonds. The van der Waals surface area contributed by atoms with Gasteiger partial charge in [0.15, 0.2) is 0 Å². The number of nitrogens with one attached hydrogen (secondary N) is 3. The van der Waals surface area contributed by atoms with E-state index in [0.29, 0.717) is 28.5 Å². The van der Waals surface area contributed by atoms with Gasteiger partial charge in [-0.2, -0.15) is 0 Å². The van der Waals surface area contributed by atoms with Gasteiger partial charge < -0.3 is 19.5 Å². The average Bonchev–Trinajstić information content (AvgIpc) is 2.66. The zero-order valence-corrected chi connectivity index (χ0v) is 14.1. The Kier molecular flexibility index (Phi) is 6.05. The summed E-state index contributed by atoms with van der Waals surface area (Å²) in [6.45, 7) is 0. The van der Waals surface area contributed by atoms with Crippen LogP contribution in [0, 0.1) is 0 Å². The summed E-state index contributed by atoms with van der Waals surface area (Å²) in [5, 5.41) is 2.57. The van der Waals surface area contributed by atoms with Crippen LogP contribution in [0.25, 0.3) is 0 Å². The molecule has 0 bridgehead atoms. The highest BCUT2D eigenvalue weighted by Gasteiger charge is 2.11. The van der Waals surface area contributed by atoms with Gasteiger partial charge in [-0.05, 0) is 36.4 Å². The van der Waals surface area contributed by atoms with Crippen molar-refractivity contribution in [1.29, 1.82) is 0 Å². The number of methoxy groups -OCH3 is 3. The van der Waals surface area contributed by atoms with Gasteiger partial charge in [-0.3, -0.25) is 10.2 Å². The first kappa shape index (κ1) is 17.9. The second-order valence-corrected chi connectivity index (χ2v) is 4.83. The van der Waals surface area contributed by atoms with Crippen LogP contribution in [-0.2, 0) is 0 Å². The molecule has 0 aliphatic rings. The van der Waals surface area contributed by atoms with Crippen LogP contribution in [0.2, 0.25) is 0 Å². The summed E-state index contributed by atoms with van der Waals surface area (Å²) in [4.78, 5) is 23.9. The first-order chi connectivity index (χ1) is 12.1. The van der Waals surface area contributed by atoms with E-state index in [0.717, 1.165) is 0 Å². The number of benzene rings is 2. The largest absolute Gasteiger partial charge is 0.497 e. The number of anilines is 1. The maximum Gasteiger partial charge on any atom is 0.338 e. The molecule has 132 valence electrons. The van der Waals surface area contributed by atoms with Crippen molar-refractivity contribution in [3.05, 3.63) is 48.0 Å². The summed E-state index contributed by atoms with van der Waals surface area (Å²) in [5.74, 6) is 1.18. The van der Waals surface area contributed by atoms with Gasteiger partial charge in [-0.25, -0.2) is 10.2 Å². The third-order valence-electron chi connectivity index (χ3n) is 3.30. The maximum atomic E-state index is 12.0. The lowest BCUT2D eigenvalue weighted by Crippen LogP contribution is -2.43. The second-order valence-electron chi connectivity index (χ2n) is 4.83. The second kappa shape index (κ2) is 8.44. The van der Waals surface area contributed by atoms with Crippen LogP contribution in [-0.4, -0.2) is 33.3 Å². The molecule has 8 nitrogen and oxygen atoms in total. The molecule has 2 aromatic carbocycles. The first-order valence-corrected chi connectivity index (χ1v) is 7.30. The molecule has 0 spiro atoms. The van der Waals surface area contributed by atoms with Crippen molar-refractivity contribution in [2.45, 2.75) is 0 Å². The molecule has 0 saturated heterocycles. The number of rotatable bonds is 5. The Labute approximate surface area is 145 Å². The van der Waals surface area contributed by atoms with E-state index in [4.69, 9.17) is 14.2 Å². The van der Waals surface area contributed by atoms with E-state index in [1.807, 2.05) is 0 Å². The molecule has 0 aliphatic carbocycles. The Morgan fingerprint density at radius 1 is 0.800 bits per heavy atom. The normalized spacial score (nSPS) is 9.72. The Bertz CT molecular complexity index is 746. The van der Waals surface area contributed by atoms with Gasteiger partial charge in [-0.15, -0.1) is 0 Å². The van der Waals surface area contributed by atoms with Crippen molar-refractivity contribution in [3.63, 3.8) is 0 Å². The molecule has 0 radical (unpaired) electrons. The van der Waals surface area contributed by atoms with Gasteiger partial charge in [0.2, 0.25) is 0 Å². The minimum atomic E-state index is -0.631. The van der Waals surface area contributed by atoms with Gasteiger partial charge in [0.25, 0.3) is 5.91 Å². The number of hydrazine groups is 1. The smallest absolute Gasteiger partial charge is 0.338 e. The molecule has 2 rings (SSSR count). The molecule has 0 unspecified atom stereocenters. The lowest BCUT2D eigenvalue weighted by Gasteiger charge is -2.13. The van der Waals surface area contributed by atoms with Crippen molar-refractivity contribution in [2.24, 2.45) is 0 Å². The van der Waals surface area contributed by atoms with Gasteiger partial charge in [0.1, 0.15) is 17.2 Å². The molecule has 0 aliphatic heterocycles. The first-order valence-electron chi connectivity index (χ1n) is 7.30. The zero-order valence-electron chi connectivity index (χ0n) is 14.1. The summed E-state index contributed by atoms with van der Waals surface area (Å²) in [5.41, 5.74) is 5.35. The zero-order chi connectivity index (χ0) is 18.2. The van der Waals surface area contributed by atoms with E-state index in [2.05, 4.69) is 16.2 Å². The van der Waals surface area contributed by atoms with Crippen molar-refractivity contribution >= 4 is 17.6 Å². The minimum Gasteiger partial charge on any atom is -0.497 e. The summed E-state index contributed by atoms with van der Waals surface area (Å²) in [7, 11) is 4.53. The standard InChI is InChI=1S/C17H19N3O5/c1-23-12-6-4-11(5-7-12)16(21)19-20-17(22)18-14-10-13(24-2)8-9-15(14)25-3/h4-10H,1-3H3,(H,19,21)(H2,18,20,22). The molecule has 8 heteroatoms. The van der Waals surface area contributed by atoms with E-state index in [1.54, 1.807) is 42.5 Å². The number of hydrogen-bond acceptors (Lipinski definition) is 5. The summed E-state index contributed by atoms with van der Waals surface area (Å²) >= 11 is 0. The van der Waals surface area contributed by atoms with Crippen LogP contribution in [0.15, 0.2) is 42.5 Å². The van der Waals surface area contributed by atoms with E-state index in [1.165, 1.54) is 21.3 Å². The lowest BCUT2D eigenvalue weighted by atomic mass is 10.2. The van der Waals surface area contributed by atoms with Crippen LogP contribution in [0.5, 0.6) is 17.2 Å². The molecular weight excluding hydrogens is 326 g/mol. The predicted molar refractivity (Wildman–Crippen MR) is 92.2 cm³/mol. The summed E-state index contributed by atoms with van der Waals surface area (Å²) in [6.07, 6.45) is 0. The highest BCUT2D eigenvalue weighted by atomic mass is 16.5. The number of amides is 3. The van der Waals surface area contributed by atoms with Crippen molar-refractivity contribution in [1.82, 2.24) is 10.9 Å². The fourth-order valence-electron chi connectivity index (χ4n) is 1.99. The number of carbonyl (C=O) groups excluding carboxylic acids is 2. The van der Waals surface area contributed by atoms with Crippen molar-refractivity contribution in [2.75, 3.05) is 26.6 Å². The van der Waals surface area contributed by atoms with Gasteiger partial charge >= 0.3 is 6.03 Å². The van der Waals surface area contributed by atoms with Crippen LogP contribution < -0.4 is 30.4 Å². The Morgan fingerprint density at radius 2 is 1.44 bits per heavy atom. The maximum absolute atomic E-state index is 12.0. The Hall–Kier alpha value is -3.42. The molecule has 0 heterocycles. The fourth-order valence-corrected chi connectivity index (χ4v) is 1.99. The lowest BCUT2D eigenvalue weighted by molar-refractivity contribution is 0.0938. The molecule has 25 heavy (non-hydrogen) atoms. The monoisotopic (exact) mass is 345 g/mol. The van der Waals surface area contributed by atoms with E-state index >= 15 is 0 Å². The molecule has 0 fully saturated rings. The number of hydrogen-bond donors (Lipinski definition) is 3.